The minimum absolute atomic E-state index is 0.0158. The van der Waals surface area contributed by atoms with E-state index in [0.29, 0.717) is 23.4 Å². The predicted octanol–water partition coefficient (Wildman–Crippen LogP) is 4.63. The number of fused-ring (bicyclic) bond motifs is 3. The number of H-pyrrole nitrogens is 1. The van der Waals surface area contributed by atoms with Crippen LogP contribution in [0.25, 0.3) is 21.0 Å². The van der Waals surface area contributed by atoms with Crippen LogP contribution in [0.15, 0.2) is 47.3 Å². The standard InChI is InChI=1S/C25H25N3O2S/c1-15-7-8-20-18(13-15)23-19(24(29)26-20)14-22(31-23)25(30)28-11-9-27(10-12-28)21-6-4-5-16(2)17(21)3/h4-8,13-14H,9-12H2,1-3H3,(H,26,29). The number of aromatic amines is 1. The number of pyridine rings is 1. The molecule has 2 aromatic heterocycles. The van der Waals surface area contributed by atoms with Gasteiger partial charge in [0.2, 0.25) is 0 Å². The van der Waals surface area contributed by atoms with E-state index in [4.69, 9.17) is 0 Å². The van der Waals surface area contributed by atoms with Gasteiger partial charge in [0.15, 0.2) is 0 Å². The second kappa shape index (κ2) is 7.54. The van der Waals surface area contributed by atoms with Gasteiger partial charge in [-0.25, -0.2) is 0 Å². The molecule has 0 unspecified atom stereocenters. The van der Waals surface area contributed by atoms with Gasteiger partial charge in [-0.2, -0.15) is 0 Å². The lowest BCUT2D eigenvalue weighted by atomic mass is 10.1. The zero-order valence-electron chi connectivity index (χ0n) is 18.0. The molecule has 1 amide bonds. The first kappa shape index (κ1) is 19.8. The Morgan fingerprint density at radius 2 is 1.74 bits per heavy atom. The van der Waals surface area contributed by atoms with Crippen LogP contribution in [0.3, 0.4) is 0 Å². The van der Waals surface area contributed by atoms with E-state index in [-0.39, 0.29) is 11.5 Å². The fourth-order valence-electron chi connectivity index (χ4n) is 4.39. The van der Waals surface area contributed by atoms with Gasteiger partial charge in [0.05, 0.1) is 10.3 Å². The first-order chi connectivity index (χ1) is 14.9. The van der Waals surface area contributed by atoms with Crippen molar-refractivity contribution in [3.05, 3.63) is 74.4 Å². The van der Waals surface area contributed by atoms with Crippen LogP contribution < -0.4 is 10.5 Å². The van der Waals surface area contributed by atoms with Crippen LogP contribution >= 0.6 is 11.3 Å². The van der Waals surface area contributed by atoms with Gasteiger partial charge in [-0.3, -0.25) is 9.59 Å². The Hall–Kier alpha value is -3.12. The van der Waals surface area contributed by atoms with Crippen LogP contribution in [0.2, 0.25) is 0 Å². The summed E-state index contributed by atoms with van der Waals surface area (Å²) < 4.78 is 0.889. The zero-order chi connectivity index (χ0) is 21.7. The van der Waals surface area contributed by atoms with Crippen LogP contribution in [-0.2, 0) is 0 Å². The van der Waals surface area contributed by atoms with E-state index in [1.165, 1.54) is 28.2 Å². The third kappa shape index (κ3) is 3.41. The molecule has 31 heavy (non-hydrogen) atoms. The first-order valence-electron chi connectivity index (χ1n) is 10.6. The number of carbonyl (C=O) groups is 1. The molecule has 1 saturated heterocycles. The van der Waals surface area contributed by atoms with Crippen molar-refractivity contribution < 1.29 is 4.79 Å². The van der Waals surface area contributed by atoms with Crippen molar-refractivity contribution in [3.8, 4) is 0 Å². The molecule has 1 aliphatic heterocycles. The van der Waals surface area contributed by atoms with Crippen molar-refractivity contribution in [2.24, 2.45) is 0 Å². The Morgan fingerprint density at radius 3 is 2.52 bits per heavy atom. The molecule has 1 N–H and O–H groups in total. The van der Waals surface area contributed by atoms with Crippen molar-refractivity contribution in [1.29, 1.82) is 0 Å². The van der Waals surface area contributed by atoms with E-state index >= 15 is 0 Å². The van der Waals surface area contributed by atoms with E-state index in [1.54, 1.807) is 6.07 Å². The summed E-state index contributed by atoms with van der Waals surface area (Å²) in [6, 6.07) is 14.1. The molecular formula is C25H25N3O2S. The third-order valence-electron chi connectivity index (χ3n) is 6.34. The predicted molar refractivity (Wildman–Crippen MR) is 129 cm³/mol. The minimum Gasteiger partial charge on any atom is -0.368 e. The van der Waals surface area contributed by atoms with Gasteiger partial charge in [-0.1, -0.05) is 23.8 Å². The Morgan fingerprint density at radius 1 is 0.968 bits per heavy atom. The van der Waals surface area contributed by atoms with Crippen LogP contribution in [0.5, 0.6) is 0 Å². The lowest BCUT2D eigenvalue weighted by molar-refractivity contribution is 0.0751. The third-order valence-corrected chi connectivity index (χ3v) is 7.50. The summed E-state index contributed by atoms with van der Waals surface area (Å²) in [4.78, 5) is 33.7. The summed E-state index contributed by atoms with van der Waals surface area (Å²) in [7, 11) is 0. The number of piperazine rings is 1. The van der Waals surface area contributed by atoms with E-state index in [2.05, 4.69) is 48.0 Å². The Bertz CT molecular complexity index is 1380. The van der Waals surface area contributed by atoms with Crippen molar-refractivity contribution in [2.75, 3.05) is 31.1 Å². The SMILES string of the molecule is Cc1ccc2[nH]c(=O)c3cc(C(=O)N4CCN(c5cccc(C)c5C)CC4)sc3c2c1. The van der Waals surface area contributed by atoms with Crippen molar-refractivity contribution in [2.45, 2.75) is 20.8 Å². The highest BCUT2D eigenvalue weighted by atomic mass is 32.1. The first-order valence-corrected chi connectivity index (χ1v) is 11.4. The van der Waals surface area contributed by atoms with Gasteiger partial charge < -0.3 is 14.8 Å². The minimum atomic E-state index is -0.138. The Kier molecular flexibility index (Phi) is 4.82. The maximum Gasteiger partial charge on any atom is 0.264 e. The van der Waals surface area contributed by atoms with Gasteiger partial charge in [-0.05, 0) is 56.2 Å². The number of hydrogen-bond acceptors (Lipinski definition) is 4. The number of anilines is 1. The highest BCUT2D eigenvalue weighted by molar-refractivity contribution is 7.21. The number of nitrogens with one attached hydrogen (secondary N) is 1. The highest BCUT2D eigenvalue weighted by Crippen LogP contribution is 2.31. The number of nitrogens with zero attached hydrogens (tertiary/aromatic N) is 2. The molecule has 5 rings (SSSR count). The molecule has 4 aromatic rings. The Labute approximate surface area is 184 Å². The number of thiophene rings is 1. The summed E-state index contributed by atoms with van der Waals surface area (Å²) in [5.41, 5.74) is 5.64. The fourth-order valence-corrected chi connectivity index (χ4v) is 5.55. The van der Waals surface area contributed by atoms with E-state index in [1.807, 2.05) is 24.0 Å². The topological polar surface area (TPSA) is 56.4 Å². The molecule has 3 heterocycles. The average Bonchev–Trinajstić information content (AvgIpc) is 3.22. The monoisotopic (exact) mass is 431 g/mol. The summed E-state index contributed by atoms with van der Waals surface area (Å²) in [6.07, 6.45) is 0. The highest BCUT2D eigenvalue weighted by Gasteiger charge is 2.25. The summed E-state index contributed by atoms with van der Waals surface area (Å²) >= 11 is 1.43. The molecule has 0 aliphatic carbocycles. The smallest absolute Gasteiger partial charge is 0.264 e. The van der Waals surface area contributed by atoms with Crippen LogP contribution in [-0.4, -0.2) is 42.0 Å². The lowest BCUT2D eigenvalue weighted by Gasteiger charge is -2.36. The fraction of sp³-hybridized carbons (Fsp3) is 0.280. The van der Waals surface area contributed by atoms with Crippen molar-refractivity contribution >= 4 is 43.9 Å². The van der Waals surface area contributed by atoms with Gasteiger partial charge in [0.1, 0.15) is 0 Å². The molecule has 2 aromatic carbocycles. The van der Waals surface area contributed by atoms with Crippen molar-refractivity contribution in [1.82, 2.24) is 9.88 Å². The quantitative estimate of drug-likeness (QED) is 0.503. The van der Waals surface area contributed by atoms with E-state index < -0.39 is 0 Å². The summed E-state index contributed by atoms with van der Waals surface area (Å²) in [6.45, 7) is 9.29. The maximum absolute atomic E-state index is 13.3. The molecule has 1 fully saturated rings. The largest absolute Gasteiger partial charge is 0.368 e. The molecular weight excluding hydrogens is 406 g/mol. The molecule has 0 radical (unpaired) electrons. The normalized spacial score (nSPS) is 14.5. The molecule has 0 bridgehead atoms. The number of hydrogen-bond donors (Lipinski definition) is 1. The van der Waals surface area contributed by atoms with Gasteiger partial charge in [-0.15, -0.1) is 11.3 Å². The van der Waals surface area contributed by atoms with Gasteiger partial charge in [0.25, 0.3) is 11.5 Å². The van der Waals surface area contributed by atoms with Gasteiger partial charge >= 0.3 is 0 Å². The zero-order valence-corrected chi connectivity index (χ0v) is 18.8. The number of benzene rings is 2. The second-order valence-electron chi connectivity index (χ2n) is 8.35. The maximum atomic E-state index is 13.3. The number of aryl methyl sites for hydroxylation is 2. The average molecular weight is 432 g/mol. The molecule has 158 valence electrons. The molecule has 1 aliphatic rings. The van der Waals surface area contributed by atoms with Crippen LogP contribution in [0.1, 0.15) is 26.4 Å². The number of carbonyl (C=O) groups excluding carboxylic acids is 1. The molecule has 0 atom stereocenters. The number of amides is 1. The summed E-state index contributed by atoms with van der Waals surface area (Å²) in [5, 5.41) is 1.60. The molecule has 0 spiro atoms. The molecule has 5 nitrogen and oxygen atoms in total. The second-order valence-corrected chi connectivity index (χ2v) is 9.41. The molecule has 0 saturated carbocycles. The number of aromatic nitrogens is 1. The van der Waals surface area contributed by atoms with Crippen molar-refractivity contribution in [3.63, 3.8) is 0 Å². The summed E-state index contributed by atoms with van der Waals surface area (Å²) in [5.74, 6) is 0.0158. The molecule has 6 heteroatoms. The van der Waals surface area contributed by atoms with Crippen LogP contribution in [0, 0.1) is 20.8 Å². The van der Waals surface area contributed by atoms with Crippen LogP contribution in [0.4, 0.5) is 5.69 Å². The lowest BCUT2D eigenvalue weighted by Crippen LogP contribution is -2.48. The number of rotatable bonds is 2. The van der Waals surface area contributed by atoms with E-state index in [0.717, 1.165) is 34.3 Å². The Balaban J connectivity index is 1.41. The van der Waals surface area contributed by atoms with E-state index in [9.17, 15) is 9.59 Å². The van der Waals surface area contributed by atoms with Gasteiger partial charge in [0, 0.05) is 47.5 Å².